The van der Waals surface area contributed by atoms with Crippen molar-refractivity contribution < 1.29 is 9.47 Å². The fourth-order valence-electron chi connectivity index (χ4n) is 1.28. The summed E-state index contributed by atoms with van der Waals surface area (Å²) in [7, 11) is 3.22. The molecule has 5 heteroatoms. The highest BCUT2D eigenvalue weighted by Crippen LogP contribution is 2.25. The molecule has 2 rings (SSSR count). The summed E-state index contributed by atoms with van der Waals surface area (Å²) in [5, 5.41) is 3.30. The van der Waals surface area contributed by atoms with Crippen LogP contribution in [0.1, 0.15) is 18.7 Å². The molecule has 5 nitrogen and oxygen atoms in total. The van der Waals surface area contributed by atoms with E-state index in [1.54, 1.807) is 20.3 Å². The fraction of sp³-hybridized carbons (Fsp3) is 0.600. The second kappa shape index (κ2) is 4.44. The van der Waals surface area contributed by atoms with Crippen LogP contribution in [0.4, 0.5) is 5.82 Å². The van der Waals surface area contributed by atoms with Crippen LogP contribution in [0.3, 0.4) is 0 Å². The first kappa shape index (κ1) is 10.2. The van der Waals surface area contributed by atoms with Crippen LogP contribution in [0, 0.1) is 0 Å². The van der Waals surface area contributed by atoms with Gasteiger partial charge < -0.3 is 14.8 Å². The summed E-state index contributed by atoms with van der Waals surface area (Å²) in [5.41, 5.74) is 0. The molecule has 1 heterocycles. The summed E-state index contributed by atoms with van der Waals surface area (Å²) in [6.07, 6.45) is 2.43. The Morgan fingerprint density at radius 3 is 2.80 bits per heavy atom. The third kappa shape index (κ3) is 2.79. The van der Waals surface area contributed by atoms with Gasteiger partial charge in [-0.1, -0.05) is 0 Å². The number of ether oxygens (including phenoxy) is 2. The molecule has 0 saturated heterocycles. The highest BCUT2D eigenvalue weighted by atomic mass is 16.5. The van der Waals surface area contributed by atoms with Crippen LogP contribution in [-0.4, -0.2) is 30.2 Å². The number of hydrogen-bond donors (Lipinski definition) is 1. The van der Waals surface area contributed by atoms with Crippen molar-refractivity contribution in [3.63, 3.8) is 0 Å². The van der Waals surface area contributed by atoms with E-state index in [1.807, 2.05) is 0 Å². The van der Waals surface area contributed by atoms with E-state index in [2.05, 4.69) is 15.3 Å². The van der Waals surface area contributed by atoms with E-state index in [1.165, 1.54) is 12.8 Å². The van der Waals surface area contributed by atoms with Crippen molar-refractivity contribution in [1.82, 2.24) is 9.97 Å². The van der Waals surface area contributed by atoms with Gasteiger partial charge in [0.2, 0.25) is 5.88 Å². The van der Waals surface area contributed by atoms with Crippen LogP contribution in [0.2, 0.25) is 0 Å². The standard InChI is InChI=1S/C10H15N3O2/c1-14-6-9-12-8(11-7-3-4-7)5-10(13-9)15-2/h5,7H,3-4,6H2,1-2H3,(H,11,12,13). The minimum atomic E-state index is 0.399. The summed E-state index contributed by atoms with van der Waals surface area (Å²) in [4.78, 5) is 8.50. The van der Waals surface area contributed by atoms with Gasteiger partial charge in [-0.2, -0.15) is 4.98 Å². The number of methoxy groups -OCH3 is 2. The van der Waals surface area contributed by atoms with E-state index < -0.39 is 0 Å². The zero-order chi connectivity index (χ0) is 10.7. The first-order chi connectivity index (χ1) is 7.31. The maximum absolute atomic E-state index is 5.10. The molecule has 0 aromatic carbocycles. The lowest BCUT2D eigenvalue weighted by atomic mass is 10.5. The molecular formula is C10H15N3O2. The average molecular weight is 209 g/mol. The predicted octanol–water partition coefficient (Wildman–Crippen LogP) is 1.21. The van der Waals surface area contributed by atoms with Crippen molar-refractivity contribution in [1.29, 1.82) is 0 Å². The van der Waals surface area contributed by atoms with Gasteiger partial charge in [-0.15, -0.1) is 0 Å². The maximum Gasteiger partial charge on any atom is 0.218 e. The molecule has 0 radical (unpaired) electrons. The molecule has 1 aromatic heterocycles. The molecule has 1 saturated carbocycles. The van der Waals surface area contributed by atoms with Gasteiger partial charge in [-0.25, -0.2) is 4.98 Å². The molecule has 0 spiro atoms. The van der Waals surface area contributed by atoms with Gasteiger partial charge in [0.05, 0.1) is 7.11 Å². The molecule has 82 valence electrons. The summed E-state index contributed by atoms with van der Waals surface area (Å²) in [6.45, 7) is 0.399. The number of aromatic nitrogens is 2. The van der Waals surface area contributed by atoms with Crippen molar-refractivity contribution in [2.75, 3.05) is 19.5 Å². The van der Waals surface area contributed by atoms with Gasteiger partial charge in [0.1, 0.15) is 12.4 Å². The Kier molecular flexibility index (Phi) is 3.01. The first-order valence-corrected chi connectivity index (χ1v) is 4.99. The lowest BCUT2D eigenvalue weighted by Crippen LogP contribution is -2.07. The second-order valence-corrected chi connectivity index (χ2v) is 3.56. The number of hydrogen-bond acceptors (Lipinski definition) is 5. The molecule has 0 unspecified atom stereocenters. The van der Waals surface area contributed by atoms with Crippen molar-refractivity contribution in [3.05, 3.63) is 11.9 Å². The molecular weight excluding hydrogens is 194 g/mol. The highest BCUT2D eigenvalue weighted by Gasteiger charge is 2.21. The normalized spacial score (nSPS) is 15.1. The van der Waals surface area contributed by atoms with Crippen LogP contribution in [0.25, 0.3) is 0 Å². The molecule has 15 heavy (non-hydrogen) atoms. The topological polar surface area (TPSA) is 56.3 Å². The van der Waals surface area contributed by atoms with Crippen molar-refractivity contribution in [2.45, 2.75) is 25.5 Å². The molecule has 1 aromatic rings. The number of rotatable bonds is 5. The Morgan fingerprint density at radius 1 is 1.40 bits per heavy atom. The van der Waals surface area contributed by atoms with Gasteiger partial charge in [-0.05, 0) is 12.8 Å². The van der Waals surface area contributed by atoms with Crippen molar-refractivity contribution in [2.24, 2.45) is 0 Å². The summed E-state index contributed by atoms with van der Waals surface area (Å²) in [5.74, 6) is 2.02. The minimum absolute atomic E-state index is 0.399. The van der Waals surface area contributed by atoms with E-state index in [9.17, 15) is 0 Å². The Bertz CT molecular complexity index is 339. The lowest BCUT2D eigenvalue weighted by Gasteiger charge is -2.07. The fourth-order valence-corrected chi connectivity index (χ4v) is 1.28. The van der Waals surface area contributed by atoms with Gasteiger partial charge in [0, 0.05) is 19.2 Å². The number of nitrogens with one attached hydrogen (secondary N) is 1. The zero-order valence-corrected chi connectivity index (χ0v) is 8.99. The first-order valence-electron chi connectivity index (χ1n) is 4.99. The molecule has 0 amide bonds. The van der Waals surface area contributed by atoms with Crippen LogP contribution < -0.4 is 10.1 Å². The third-order valence-electron chi connectivity index (χ3n) is 2.16. The Hall–Kier alpha value is -1.36. The van der Waals surface area contributed by atoms with Gasteiger partial charge in [0.15, 0.2) is 5.82 Å². The maximum atomic E-state index is 5.10. The predicted molar refractivity (Wildman–Crippen MR) is 55.9 cm³/mol. The molecule has 0 bridgehead atoms. The molecule has 1 N–H and O–H groups in total. The van der Waals surface area contributed by atoms with Crippen LogP contribution in [-0.2, 0) is 11.3 Å². The molecule has 1 aliphatic carbocycles. The Balaban J connectivity index is 2.15. The monoisotopic (exact) mass is 209 g/mol. The van der Waals surface area contributed by atoms with E-state index in [4.69, 9.17) is 9.47 Å². The number of anilines is 1. The summed E-state index contributed by atoms with van der Waals surface area (Å²) in [6, 6.07) is 2.37. The summed E-state index contributed by atoms with van der Waals surface area (Å²) < 4.78 is 10.1. The van der Waals surface area contributed by atoms with Crippen LogP contribution in [0.5, 0.6) is 5.88 Å². The highest BCUT2D eigenvalue weighted by molar-refractivity contribution is 5.40. The molecule has 0 aliphatic heterocycles. The smallest absolute Gasteiger partial charge is 0.218 e. The van der Waals surface area contributed by atoms with E-state index in [0.29, 0.717) is 24.4 Å². The van der Waals surface area contributed by atoms with Gasteiger partial charge in [0.25, 0.3) is 0 Å². The van der Waals surface area contributed by atoms with Crippen LogP contribution in [0.15, 0.2) is 6.07 Å². The average Bonchev–Trinajstić information content (AvgIpc) is 3.02. The SMILES string of the molecule is COCc1nc(NC2CC2)cc(OC)n1. The largest absolute Gasteiger partial charge is 0.481 e. The lowest BCUT2D eigenvalue weighted by molar-refractivity contribution is 0.177. The summed E-state index contributed by atoms with van der Waals surface area (Å²) >= 11 is 0. The zero-order valence-electron chi connectivity index (χ0n) is 8.99. The van der Waals surface area contributed by atoms with Gasteiger partial charge in [-0.3, -0.25) is 0 Å². The van der Waals surface area contributed by atoms with E-state index >= 15 is 0 Å². The van der Waals surface area contributed by atoms with Gasteiger partial charge >= 0.3 is 0 Å². The van der Waals surface area contributed by atoms with E-state index in [-0.39, 0.29) is 0 Å². The Morgan fingerprint density at radius 2 is 2.20 bits per heavy atom. The minimum Gasteiger partial charge on any atom is -0.481 e. The van der Waals surface area contributed by atoms with Crippen molar-refractivity contribution >= 4 is 5.82 Å². The quantitative estimate of drug-likeness (QED) is 0.789. The molecule has 1 fully saturated rings. The Labute approximate surface area is 88.8 Å². The van der Waals surface area contributed by atoms with Crippen LogP contribution >= 0.6 is 0 Å². The molecule has 1 aliphatic rings. The second-order valence-electron chi connectivity index (χ2n) is 3.56. The number of nitrogens with zero attached hydrogens (tertiary/aromatic N) is 2. The van der Waals surface area contributed by atoms with Crippen molar-refractivity contribution in [3.8, 4) is 5.88 Å². The third-order valence-corrected chi connectivity index (χ3v) is 2.16. The van der Waals surface area contributed by atoms with E-state index in [0.717, 1.165) is 5.82 Å². The molecule has 0 atom stereocenters.